The largest absolute Gasteiger partial charge is 0.392 e. The highest BCUT2D eigenvalue weighted by atomic mass is 35.5. The van der Waals surface area contributed by atoms with E-state index in [2.05, 4.69) is 15.6 Å². The first-order valence-electron chi connectivity index (χ1n) is 4.98. The zero-order valence-electron chi connectivity index (χ0n) is 8.48. The Kier molecular flexibility index (Phi) is 3.38. The number of hydrogen-bond donors (Lipinski definition) is 3. The molecule has 3 N–H and O–H groups in total. The summed E-state index contributed by atoms with van der Waals surface area (Å²) in [6, 6.07) is 1.24. The first-order valence-corrected chi connectivity index (χ1v) is 5.36. The van der Waals surface area contributed by atoms with Gasteiger partial charge in [0.2, 0.25) is 5.91 Å². The molecule has 0 aliphatic carbocycles. The van der Waals surface area contributed by atoms with Crippen LogP contribution in [0.3, 0.4) is 0 Å². The fraction of sp³-hybridized carbons (Fsp3) is 0.400. The number of nitrogens with zero attached hydrogens (tertiary/aromatic N) is 1. The number of carbonyl (C=O) groups excluding carboxylic acids is 1. The zero-order chi connectivity index (χ0) is 11.5. The van der Waals surface area contributed by atoms with Crippen molar-refractivity contribution in [3.63, 3.8) is 0 Å². The third kappa shape index (κ3) is 2.49. The Morgan fingerprint density at radius 1 is 1.69 bits per heavy atom. The summed E-state index contributed by atoms with van der Waals surface area (Å²) in [7, 11) is 0. The Morgan fingerprint density at radius 2 is 2.50 bits per heavy atom. The summed E-state index contributed by atoms with van der Waals surface area (Å²) < 4.78 is 0. The Bertz CT molecular complexity index is 399. The number of aliphatic hydroxyl groups is 1. The molecule has 5 nitrogen and oxygen atoms in total. The third-order valence-corrected chi connectivity index (χ3v) is 2.78. The molecular formula is C10H12ClN3O2. The minimum Gasteiger partial charge on any atom is -0.392 e. The van der Waals surface area contributed by atoms with Gasteiger partial charge in [0.05, 0.1) is 29.1 Å². The summed E-state index contributed by atoms with van der Waals surface area (Å²) in [5, 5.41) is 15.3. The second kappa shape index (κ2) is 4.78. The summed E-state index contributed by atoms with van der Waals surface area (Å²) in [6.45, 7) is 0.443. The zero-order valence-corrected chi connectivity index (χ0v) is 9.24. The summed E-state index contributed by atoms with van der Waals surface area (Å²) in [5.41, 5.74) is 0.484. The van der Waals surface area contributed by atoms with Gasteiger partial charge in [-0.25, -0.2) is 0 Å². The van der Waals surface area contributed by atoms with Crippen LogP contribution in [0.15, 0.2) is 18.5 Å². The lowest BCUT2D eigenvalue weighted by atomic mass is 10.2. The van der Waals surface area contributed by atoms with E-state index in [0.29, 0.717) is 23.7 Å². The van der Waals surface area contributed by atoms with Crippen LogP contribution < -0.4 is 10.6 Å². The van der Waals surface area contributed by atoms with E-state index in [0.717, 1.165) is 0 Å². The molecule has 1 aromatic rings. The Labute approximate surface area is 97.8 Å². The standard InChI is InChI=1S/C10H12ClN3O2/c11-7-1-2-12-5-9(7)14-10(16)8-3-6(15)4-13-8/h1-2,5-6,8,13,15H,3-4H2,(H,14,16). The van der Waals surface area contributed by atoms with Crippen LogP contribution in [0.2, 0.25) is 5.02 Å². The molecular weight excluding hydrogens is 230 g/mol. The second-order valence-electron chi connectivity index (χ2n) is 3.70. The first-order chi connectivity index (χ1) is 7.66. The number of rotatable bonds is 2. The number of halogens is 1. The van der Waals surface area contributed by atoms with Gasteiger partial charge >= 0.3 is 0 Å². The molecule has 0 spiro atoms. The maximum Gasteiger partial charge on any atom is 0.241 e. The number of carbonyl (C=O) groups is 1. The number of nitrogens with one attached hydrogen (secondary N) is 2. The fourth-order valence-corrected chi connectivity index (χ4v) is 1.76. The molecule has 0 aromatic carbocycles. The monoisotopic (exact) mass is 241 g/mol. The minimum atomic E-state index is -0.458. The van der Waals surface area contributed by atoms with Gasteiger partial charge in [-0.05, 0) is 12.5 Å². The van der Waals surface area contributed by atoms with Crippen molar-refractivity contribution in [2.24, 2.45) is 0 Å². The quantitative estimate of drug-likeness (QED) is 0.701. The Hall–Kier alpha value is -1.17. The maximum absolute atomic E-state index is 11.7. The van der Waals surface area contributed by atoms with Crippen molar-refractivity contribution < 1.29 is 9.90 Å². The van der Waals surface area contributed by atoms with Crippen molar-refractivity contribution in [2.45, 2.75) is 18.6 Å². The van der Waals surface area contributed by atoms with Crippen molar-refractivity contribution in [2.75, 3.05) is 11.9 Å². The summed E-state index contributed by atoms with van der Waals surface area (Å²) in [6.07, 6.45) is 3.00. The SMILES string of the molecule is O=C(Nc1cnccc1Cl)C1CC(O)CN1. The van der Waals surface area contributed by atoms with Gasteiger partial charge in [0, 0.05) is 12.7 Å². The summed E-state index contributed by atoms with van der Waals surface area (Å²) >= 11 is 5.88. The Morgan fingerprint density at radius 3 is 3.12 bits per heavy atom. The van der Waals surface area contributed by atoms with Gasteiger partial charge < -0.3 is 15.7 Å². The van der Waals surface area contributed by atoms with Crippen molar-refractivity contribution in [3.8, 4) is 0 Å². The number of hydrogen-bond acceptors (Lipinski definition) is 4. The average Bonchev–Trinajstić information content (AvgIpc) is 2.68. The molecule has 0 saturated carbocycles. The van der Waals surface area contributed by atoms with Crippen molar-refractivity contribution in [1.82, 2.24) is 10.3 Å². The van der Waals surface area contributed by atoms with Crippen LogP contribution in [0.5, 0.6) is 0 Å². The molecule has 0 radical (unpaired) electrons. The molecule has 2 atom stereocenters. The predicted molar refractivity (Wildman–Crippen MR) is 60.3 cm³/mol. The van der Waals surface area contributed by atoms with E-state index >= 15 is 0 Å². The molecule has 6 heteroatoms. The normalized spacial score (nSPS) is 24.4. The van der Waals surface area contributed by atoms with Crippen LogP contribution in [0.1, 0.15) is 6.42 Å². The molecule has 86 valence electrons. The van der Waals surface area contributed by atoms with Crippen LogP contribution in [-0.4, -0.2) is 34.7 Å². The highest BCUT2D eigenvalue weighted by Gasteiger charge is 2.28. The van der Waals surface area contributed by atoms with Gasteiger partial charge in [0.1, 0.15) is 0 Å². The van der Waals surface area contributed by atoms with Crippen LogP contribution in [0.4, 0.5) is 5.69 Å². The third-order valence-electron chi connectivity index (χ3n) is 2.45. The van der Waals surface area contributed by atoms with E-state index < -0.39 is 6.10 Å². The van der Waals surface area contributed by atoms with Crippen LogP contribution in [0.25, 0.3) is 0 Å². The van der Waals surface area contributed by atoms with Crippen LogP contribution in [0, 0.1) is 0 Å². The van der Waals surface area contributed by atoms with Gasteiger partial charge in [0.15, 0.2) is 0 Å². The van der Waals surface area contributed by atoms with Crippen molar-refractivity contribution in [1.29, 1.82) is 0 Å². The van der Waals surface area contributed by atoms with Crippen molar-refractivity contribution >= 4 is 23.2 Å². The molecule has 1 aliphatic rings. The van der Waals surface area contributed by atoms with Gasteiger partial charge in [-0.1, -0.05) is 11.6 Å². The molecule has 1 aromatic heterocycles. The van der Waals surface area contributed by atoms with E-state index in [9.17, 15) is 9.90 Å². The lowest BCUT2D eigenvalue weighted by molar-refractivity contribution is -0.117. The van der Waals surface area contributed by atoms with E-state index in [1.165, 1.54) is 6.20 Å². The lowest BCUT2D eigenvalue weighted by Gasteiger charge is -2.11. The molecule has 1 fully saturated rings. The number of aliphatic hydroxyl groups excluding tert-OH is 1. The fourth-order valence-electron chi connectivity index (χ4n) is 1.61. The van der Waals surface area contributed by atoms with E-state index in [1.54, 1.807) is 12.3 Å². The molecule has 1 amide bonds. The molecule has 1 aliphatic heterocycles. The van der Waals surface area contributed by atoms with Crippen LogP contribution >= 0.6 is 11.6 Å². The van der Waals surface area contributed by atoms with Crippen LogP contribution in [-0.2, 0) is 4.79 Å². The number of aromatic nitrogens is 1. The van der Waals surface area contributed by atoms with E-state index in [1.807, 2.05) is 0 Å². The number of anilines is 1. The minimum absolute atomic E-state index is 0.202. The van der Waals surface area contributed by atoms with Crippen molar-refractivity contribution in [3.05, 3.63) is 23.5 Å². The average molecular weight is 242 g/mol. The molecule has 1 saturated heterocycles. The van der Waals surface area contributed by atoms with E-state index in [-0.39, 0.29) is 11.9 Å². The maximum atomic E-state index is 11.7. The lowest BCUT2D eigenvalue weighted by Crippen LogP contribution is -2.35. The number of amides is 1. The van der Waals surface area contributed by atoms with E-state index in [4.69, 9.17) is 11.6 Å². The van der Waals surface area contributed by atoms with Gasteiger partial charge in [-0.2, -0.15) is 0 Å². The second-order valence-corrected chi connectivity index (χ2v) is 4.10. The predicted octanol–water partition coefficient (Wildman–Crippen LogP) is 0.396. The smallest absolute Gasteiger partial charge is 0.241 e. The molecule has 2 rings (SSSR count). The molecule has 0 bridgehead atoms. The molecule has 2 unspecified atom stereocenters. The first kappa shape index (κ1) is 11.3. The highest BCUT2D eigenvalue weighted by Crippen LogP contribution is 2.20. The Balaban J connectivity index is 2.00. The summed E-state index contributed by atoms with van der Waals surface area (Å²) in [4.78, 5) is 15.6. The van der Waals surface area contributed by atoms with Gasteiger partial charge in [0.25, 0.3) is 0 Å². The highest BCUT2D eigenvalue weighted by molar-refractivity contribution is 6.33. The summed E-state index contributed by atoms with van der Waals surface area (Å²) in [5.74, 6) is -0.202. The molecule has 16 heavy (non-hydrogen) atoms. The number of pyridine rings is 1. The van der Waals surface area contributed by atoms with Gasteiger partial charge in [-0.3, -0.25) is 9.78 Å². The van der Waals surface area contributed by atoms with Gasteiger partial charge in [-0.15, -0.1) is 0 Å². The molecule has 2 heterocycles. The number of β-amino-alcohol motifs (C(OH)–C–C–N with tert-alkyl or cyclic N) is 1. The topological polar surface area (TPSA) is 74.2 Å².